The molecule has 46 heavy (non-hydrogen) atoms. The molecular weight excluding hydrogens is 642 g/mol. The SMILES string of the molecule is CC(C)(C)OC(=O)Nc1sc2c(F)ccc(-c3c(F)cc4c(c3Cl)OCC[C@H]3CN(C(=O)OC(C)(C)C)CCN3C4=O)c2c1C#N. The monoisotopic (exact) mass is 674 g/mol. The number of ether oxygens (including phenoxy) is 3. The zero-order valence-corrected chi connectivity index (χ0v) is 27.8. The highest BCUT2D eigenvalue weighted by molar-refractivity contribution is 7.23. The van der Waals surface area contributed by atoms with Crippen molar-refractivity contribution in [2.45, 2.75) is 65.2 Å². The summed E-state index contributed by atoms with van der Waals surface area (Å²) in [5, 5.41) is 12.4. The molecule has 1 atom stereocenters. The summed E-state index contributed by atoms with van der Waals surface area (Å²) in [6, 6.07) is 5.00. The van der Waals surface area contributed by atoms with Crippen molar-refractivity contribution >= 4 is 56.1 Å². The van der Waals surface area contributed by atoms with Gasteiger partial charge in [-0.15, -0.1) is 11.3 Å². The zero-order valence-electron chi connectivity index (χ0n) is 26.2. The lowest BCUT2D eigenvalue weighted by Gasteiger charge is -2.42. The van der Waals surface area contributed by atoms with E-state index in [0.29, 0.717) is 6.42 Å². The summed E-state index contributed by atoms with van der Waals surface area (Å²) in [6.45, 7) is 11.1. The minimum atomic E-state index is -0.894. The van der Waals surface area contributed by atoms with E-state index in [0.717, 1.165) is 23.5 Å². The van der Waals surface area contributed by atoms with Crippen molar-refractivity contribution in [1.29, 1.82) is 5.26 Å². The number of hydrogen-bond acceptors (Lipinski definition) is 8. The Morgan fingerprint density at radius 2 is 1.78 bits per heavy atom. The number of carbonyl (C=O) groups excluding carboxylic acids is 3. The minimum Gasteiger partial charge on any atom is -0.491 e. The van der Waals surface area contributed by atoms with E-state index in [1.807, 2.05) is 6.07 Å². The molecule has 0 bridgehead atoms. The highest BCUT2D eigenvalue weighted by atomic mass is 35.5. The summed E-state index contributed by atoms with van der Waals surface area (Å²) in [6.07, 6.45) is -0.973. The van der Waals surface area contributed by atoms with Crippen LogP contribution in [-0.2, 0) is 9.47 Å². The van der Waals surface area contributed by atoms with Crippen LogP contribution < -0.4 is 10.1 Å². The predicted octanol–water partition coefficient (Wildman–Crippen LogP) is 7.56. The van der Waals surface area contributed by atoms with Gasteiger partial charge in [-0.25, -0.2) is 18.4 Å². The van der Waals surface area contributed by atoms with Crippen LogP contribution in [0.5, 0.6) is 5.75 Å². The number of benzene rings is 2. The molecule has 14 heteroatoms. The third-order valence-corrected chi connectivity index (χ3v) is 8.76. The number of nitriles is 1. The number of piperazine rings is 1. The Labute approximate surface area is 273 Å². The van der Waals surface area contributed by atoms with Crippen LogP contribution in [0.15, 0.2) is 18.2 Å². The first-order valence-corrected chi connectivity index (χ1v) is 15.8. The van der Waals surface area contributed by atoms with Gasteiger partial charge in [-0.1, -0.05) is 17.7 Å². The summed E-state index contributed by atoms with van der Waals surface area (Å²) in [4.78, 5) is 42.1. The van der Waals surface area contributed by atoms with Crippen LogP contribution in [0.1, 0.15) is 63.9 Å². The first-order chi connectivity index (χ1) is 21.5. The van der Waals surface area contributed by atoms with E-state index in [1.165, 1.54) is 11.0 Å². The smallest absolute Gasteiger partial charge is 0.412 e. The van der Waals surface area contributed by atoms with E-state index in [2.05, 4.69) is 5.32 Å². The molecule has 0 radical (unpaired) electrons. The highest BCUT2D eigenvalue weighted by Crippen LogP contribution is 2.48. The van der Waals surface area contributed by atoms with Crippen LogP contribution in [-0.4, -0.2) is 71.4 Å². The number of thiophene rings is 1. The second kappa shape index (κ2) is 12.2. The van der Waals surface area contributed by atoms with E-state index < -0.39 is 47.0 Å². The summed E-state index contributed by atoms with van der Waals surface area (Å²) < 4.78 is 47.9. The molecule has 0 spiro atoms. The molecular formula is C32H33ClF2N4O6S. The second-order valence-corrected chi connectivity index (χ2v) is 14.4. The molecule has 3 aromatic rings. The molecule has 0 aliphatic carbocycles. The number of nitrogens with one attached hydrogen (secondary N) is 1. The Bertz CT molecular complexity index is 1790. The van der Waals surface area contributed by atoms with Crippen LogP contribution in [0.25, 0.3) is 21.2 Å². The van der Waals surface area contributed by atoms with Gasteiger partial charge < -0.3 is 24.0 Å². The molecule has 1 saturated heterocycles. The normalized spacial score (nSPS) is 16.9. The number of halogens is 3. The fraction of sp³-hybridized carbons (Fsp3) is 0.438. The Balaban J connectivity index is 1.53. The molecule has 2 aliphatic rings. The average Bonchev–Trinajstić information content (AvgIpc) is 3.30. The van der Waals surface area contributed by atoms with Crippen molar-refractivity contribution < 1.29 is 37.4 Å². The van der Waals surface area contributed by atoms with E-state index in [-0.39, 0.29) is 74.4 Å². The van der Waals surface area contributed by atoms with Gasteiger partial charge >= 0.3 is 12.2 Å². The van der Waals surface area contributed by atoms with E-state index >= 15 is 8.78 Å². The van der Waals surface area contributed by atoms with E-state index in [4.69, 9.17) is 25.8 Å². The Kier molecular flexibility index (Phi) is 8.83. The molecule has 2 aliphatic heterocycles. The lowest BCUT2D eigenvalue weighted by molar-refractivity contribution is 0.00108. The van der Waals surface area contributed by atoms with Crippen molar-refractivity contribution in [3.63, 3.8) is 0 Å². The molecule has 3 heterocycles. The van der Waals surface area contributed by atoms with Gasteiger partial charge in [-0.2, -0.15) is 5.26 Å². The van der Waals surface area contributed by atoms with Gasteiger partial charge in [0.15, 0.2) is 5.75 Å². The van der Waals surface area contributed by atoms with Gasteiger partial charge in [0.2, 0.25) is 0 Å². The molecule has 10 nitrogen and oxygen atoms in total. The Morgan fingerprint density at radius 1 is 1.09 bits per heavy atom. The van der Waals surface area contributed by atoms with Crippen molar-refractivity contribution in [1.82, 2.24) is 9.80 Å². The molecule has 3 amide bonds. The number of rotatable bonds is 2. The highest BCUT2D eigenvalue weighted by Gasteiger charge is 2.38. The lowest BCUT2D eigenvalue weighted by atomic mass is 9.95. The molecule has 1 fully saturated rings. The summed E-state index contributed by atoms with van der Waals surface area (Å²) in [7, 11) is 0. The van der Waals surface area contributed by atoms with Gasteiger partial charge in [0.05, 0.1) is 33.5 Å². The molecule has 244 valence electrons. The maximum absolute atomic E-state index is 16.1. The maximum Gasteiger partial charge on any atom is 0.412 e. The largest absolute Gasteiger partial charge is 0.491 e. The number of anilines is 1. The van der Waals surface area contributed by atoms with Crippen molar-refractivity contribution in [3.8, 4) is 22.9 Å². The number of hydrogen-bond donors (Lipinski definition) is 1. The van der Waals surface area contributed by atoms with Gasteiger partial charge in [0.1, 0.15) is 33.9 Å². The zero-order chi connectivity index (χ0) is 33.7. The van der Waals surface area contributed by atoms with E-state index in [1.54, 1.807) is 46.4 Å². The fourth-order valence-electron chi connectivity index (χ4n) is 5.43. The van der Waals surface area contributed by atoms with Crippen molar-refractivity contribution in [3.05, 3.63) is 46.0 Å². The molecule has 0 unspecified atom stereocenters. The Hall–Kier alpha value is -4.15. The summed E-state index contributed by atoms with van der Waals surface area (Å²) >= 11 is 7.59. The molecule has 2 aromatic carbocycles. The Morgan fingerprint density at radius 3 is 2.43 bits per heavy atom. The van der Waals surface area contributed by atoms with Gasteiger partial charge in [-0.05, 0) is 59.2 Å². The third kappa shape index (κ3) is 6.55. The maximum atomic E-state index is 16.1. The number of carbonyl (C=O) groups is 3. The van der Waals surface area contributed by atoms with Gasteiger partial charge in [-0.3, -0.25) is 10.1 Å². The van der Waals surface area contributed by atoms with Crippen LogP contribution >= 0.6 is 22.9 Å². The predicted molar refractivity (Wildman–Crippen MR) is 170 cm³/mol. The quantitative estimate of drug-likeness (QED) is 0.298. The molecule has 1 N–H and O–H groups in total. The van der Waals surface area contributed by atoms with Crippen molar-refractivity contribution in [2.75, 3.05) is 31.6 Å². The first-order valence-electron chi connectivity index (χ1n) is 14.6. The topological polar surface area (TPSA) is 121 Å². The standard InChI is InChI=1S/C32H33ClF2N4O6S/c1-31(2,3)44-29(41)37-27-19(14-36)22-17(7-8-20(34)26(22)46-27)23-21(35)13-18-25(24(23)33)43-12-9-16-15-38(10-11-39(16)28(18)40)30(42)45-32(4,5)6/h7-8,13,16H,9-12,15H2,1-6H3,(H,37,41)/t16-/m0/s1. The molecule has 0 saturated carbocycles. The number of amides is 3. The first kappa shape index (κ1) is 33.2. The van der Waals surface area contributed by atoms with Crippen LogP contribution in [0.3, 0.4) is 0 Å². The van der Waals surface area contributed by atoms with Gasteiger partial charge in [0.25, 0.3) is 5.91 Å². The third-order valence-electron chi connectivity index (χ3n) is 7.28. The summed E-state index contributed by atoms with van der Waals surface area (Å²) in [5.41, 5.74) is -1.83. The van der Waals surface area contributed by atoms with Crippen LogP contribution in [0.2, 0.25) is 5.02 Å². The van der Waals surface area contributed by atoms with E-state index in [9.17, 15) is 19.6 Å². The number of fused-ring (bicyclic) bond motifs is 3. The second-order valence-electron chi connectivity index (χ2n) is 13.0. The fourth-order valence-corrected chi connectivity index (χ4v) is 6.85. The minimum absolute atomic E-state index is 0.00925. The van der Waals surface area contributed by atoms with Crippen LogP contribution in [0.4, 0.5) is 23.4 Å². The van der Waals surface area contributed by atoms with Crippen LogP contribution in [0, 0.1) is 23.0 Å². The molecule has 1 aromatic heterocycles. The van der Waals surface area contributed by atoms with Crippen molar-refractivity contribution in [2.24, 2.45) is 0 Å². The number of nitrogens with zero attached hydrogens (tertiary/aromatic N) is 3. The lowest BCUT2D eigenvalue weighted by Crippen LogP contribution is -2.58. The molecule has 5 rings (SSSR count). The average molecular weight is 675 g/mol. The van der Waals surface area contributed by atoms with Gasteiger partial charge in [0, 0.05) is 37.0 Å². The summed E-state index contributed by atoms with van der Waals surface area (Å²) in [5.74, 6) is -2.15.